The number of hydrogen-bond donors (Lipinski definition) is 0. The summed E-state index contributed by atoms with van der Waals surface area (Å²) in [5.74, 6) is -0.208. The van der Waals surface area contributed by atoms with E-state index in [0.717, 1.165) is 11.0 Å². The molecule has 0 fully saturated rings. The third kappa shape index (κ3) is 6.28. The van der Waals surface area contributed by atoms with Gasteiger partial charge in [0.25, 0.3) is 0 Å². The Labute approximate surface area is 93.3 Å². The van der Waals surface area contributed by atoms with Crippen LogP contribution >= 0.6 is 0 Å². The van der Waals surface area contributed by atoms with Gasteiger partial charge in [-0.3, -0.25) is 0 Å². The van der Waals surface area contributed by atoms with E-state index in [0.29, 0.717) is 12.2 Å². The molecular weight excluding hydrogens is 190 g/mol. The molecule has 3 nitrogen and oxygen atoms in total. The summed E-state index contributed by atoms with van der Waals surface area (Å²) in [6, 6.07) is 0. The lowest BCUT2D eigenvalue weighted by Crippen LogP contribution is -2.35. The van der Waals surface area contributed by atoms with Crippen molar-refractivity contribution in [2.24, 2.45) is 0 Å². The van der Waals surface area contributed by atoms with Crippen LogP contribution in [0.1, 0.15) is 33.6 Å². The van der Waals surface area contributed by atoms with Crippen LogP contribution in [0.15, 0.2) is 11.8 Å². The Kier molecular flexibility index (Phi) is 6.25. The van der Waals surface area contributed by atoms with Gasteiger partial charge in [-0.25, -0.2) is 4.79 Å². The Morgan fingerprint density at radius 2 is 1.93 bits per heavy atom. The summed E-state index contributed by atoms with van der Waals surface area (Å²) in [7, 11) is 4.19. The fraction of sp³-hybridized carbons (Fsp3) is 0.750. The van der Waals surface area contributed by atoms with Gasteiger partial charge >= 0.3 is 5.97 Å². The van der Waals surface area contributed by atoms with Crippen LogP contribution in [-0.4, -0.2) is 37.7 Å². The number of rotatable bonds is 6. The Morgan fingerprint density at radius 3 is 2.40 bits per heavy atom. The summed E-state index contributed by atoms with van der Waals surface area (Å²) in [4.78, 5) is 11.4. The average Bonchev–Trinajstić information content (AvgIpc) is 2.14. The van der Waals surface area contributed by atoms with Gasteiger partial charge in [0.2, 0.25) is 0 Å². The SMILES string of the molecule is CCCC[N+](C)(C)C=C(C)C(=O)OCC. The van der Waals surface area contributed by atoms with Gasteiger partial charge < -0.3 is 9.22 Å². The molecule has 0 N–H and O–H groups in total. The van der Waals surface area contributed by atoms with Crippen LogP contribution in [0.2, 0.25) is 0 Å². The van der Waals surface area contributed by atoms with Crippen molar-refractivity contribution in [1.29, 1.82) is 0 Å². The Balaban J connectivity index is 4.36. The van der Waals surface area contributed by atoms with Gasteiger partial charge in [-0.1, -0.05) is 13.3 Å². The standard InChI is InChI=1S/C12H24NO2/c1-6-8-9-13(4,5)10-11(3)12(14)15-7-2/h10H,6-9H2,1-5H3/q+1. The molecule has 0 rings (SSSR count). The second kappa shape index (κ2) is 6.62. The predicted molar refractivity (Wildman–Crippen MR) is 62.3 cm³/mol. The van der Waals surface area contributed by atoms with E-state index in [1.54, 1.807) is 0 Å². The number of quaternary nitrogens is 1. The number of carbonyl (C=O) groups is 1. The highest BCUT2D eigenvalue weighted by Crippen LogP contribution is 2.07. The van der Waals surface area contributed by atoms with Crippen LogP contribution in [0.5, 0.6) is 0 Å². The van der Waals surface area contributed by atoms with Crippen LogP contribution in [-0.2, 0) is 9.53 Å². The van der Waals surface area contributed by atoms with Crippen LogP contribution in [0.25, 0.3) is 0 Å². The topological polar surface area (TPSA) is 26.3 Å². The average molecular weight is 214 g/mol. The van der Waals surface area contributed by atoms with Crippen molar-refractivity contribution in [2.75, 3.05) is 27.2 Å². The first-order valence-corrected chi connectivity index (χ1v) is 5.62. The van der Waals surface area contributed by atoms with Crippen molar-refractivity contribution in [3.8, 4) is 0 Å². The van der Waals surface area contributed by atoms with Crippen molar-refractivity contribution in [3.63, 3.8) is 0 Å². The minimum atomic E-state index is -0.208. The van der Waals surface area contributed by atoms with E-state index in [1.165, 1.54) is 12.8 Å². The molecule has 0 saturated carbocycles. The number of carbonyl (C=O) groups excluding carboxylic acids is 1. The van der Waals surface area contributed by atoms with Crippen LogP contribution in [0, 0.1) is 0 Å². The molecule has 0 spiro atoms. The number of unbranched alkanes of at least 4 members (excludes halogenated alkanes) is 1. The molecule has 0 aromatic rings. The molecular formula is C12H24NO2+. The van der Waals surface area contributed by atoms with E-state index in [9.17, 15) is 4.79 Å². The fourth-order valence-electron chi connectivity index (χ4n) is 1.45. The lowest BCUT2D eigenvalue weighted by atomic mass is 10.2. The summed E-state index contributed by atoms with van der Waals surface area (Å²) in [5, 5.41) is 0. The number of nitrogens with zero attached hydrogens (tertiary/aromatic N) is 1. The Hall–Kier alpha value is -0.830. The second-order valence-corrected chi connectivity index (χ2v) is 4.39. The molecule has 0 aliphatic heterocycles. The van der Waals surface area contributed by atoms with Crippen molar-refractivity contribution in [3.05, 3.63) is 11.8 Å². The van der Waals surface area contributed by atoms with Gasteiger partial charge in [0.15, 0.2) is 0 Å². The highest BCUT2D eigenvalue weighted by atomic mass is 16.5. The summed E-state index contributed by atoms with van der Waals surface area (Å²) >= 11 is 0. The van der Waals surface area contributed by atoms with Crippen molar-refractivity contribution < 1.29 is 14.0 Å². The van der Waals surface area contributed by atoms with Crippen molar-refractivity contribution in [1.82, 2.24) is 0 Å². The van der Waals surface area contributed by atoms with Crippen LogP contribution in [0.3, 0.4) is 0 Å². The van der Waals surface area contributed by atoms with Gasteiger partial charge in [0.05, 0.1) is 32.8 Å². The minimum Gasteiger partial charge on any atom is -0.462 e. The van der Waals surface area contributed by atoms with Gasteiger partial charge in [-0.15, -0.1) is 0 Å². The number of hydrogen-bond acceptors (Lipinski definition) is 2. The quantitative estimate of drug-likeness (QED) is 0.385. The predicted octanol–water partition coefficient (Wildman–Crippen LogP) is 2.33. The zero-order chi connectivity index (χ0) is 11.9. The molecule has 0 radical (unpaired) electrons. The maximum atomic E-state index is 11.4. The summed E-state index contributed by atoms with van der Waals surface area (Å²) < 4.78 is 5.67. The van der Waals surface area contributed by atoms with E-state index in [-0.39, 0.29) is 5.97 Å². The molecule has 88 valence electrons. The Morgan fingerprint density at radius 1 is 1.33 bits per heavy atom. The first-order chi connectivity index (χ1) is 6.93. The third-order valence-electron chi connectivity index (χ3n) is 2.23. The molecule has 0 heterocycles. The van der Waals surface area contributed by atoms with E-state index >= 15 is 0 Å². The summed E-state index contributed by atoms with van der Waals surface area (Å²) in [5.41, 5.74) is 0.693. The molecule has 0 aliphatic rings. The van der Waals surface area contributed by atoms with E-state index in [1.807, 2.05) is 20.0 Å². The lowest BCUT2D eigenvalue weighted by molar-refractivity contribution is -0.839. The van der Waals surface area contributed by atoms with Crippen LogP contribution in [0.4, 0.5) is 0 Å². The molecule has 0 saturated heterocycles. The fourth-order valence-corrected chi connectivity index (χ4v) is 1.45. The van der Waals surface area contributed by atoms with E-state index in [4.69, 9.17) is 4.74 Å². The first kappa shape index (κ1) is 14.2. The number of esters is 1. The maximum absolute atomic E-state index is 11.4. The highest BCUT2D eigenvalue weighted by molar-refractivity contribution is 5.87. The maximum Gasteiger partial charge on any atom is 0.339 e. The van der Waals surface area contributed by atoms with Gasteiger partial charge in [0, 0.05) is 0 Å². The smallest absolute Gasteiger partial charge is 0.339 e. The van der Waals surface area contributed by atoms with E-state index in [2.05, 4.69) is 21.0 Å². The minimum absolute atomic E-state index is 0.208. The largest absolute Gasteiger partial charge is 0.462 e. The monoisotopic (exact) mass is 214 g/mol. The Bertz CT molecular complexity index is 232. The van der Waals surface area contributed by atoms with Crippen molar-refractivity contribution >= 4 is 5.97 Å². The lowest BCUT2D eigenvalue weighted by Gasteiger charge is -2.25. The normalized spacial score (nSPS) is 12.7. The molecule has 0 aromatic heterocycles. The molecule has 0 aromatic carbocycles. The van der Waals surface area contributed by atoms with Gasteiger partial charge in [-0.05, 0) is 20.3 Å². The van der Waals surface area contributed by atoms with Gasteiger partial charge in [0.1, 0.15) is 6.20 Å². The van der Waals surface area contributed by atoms with E-state index < -0.39 is 0 Å². The third-order valence-corrected chi connectivity index (χ3v) is 2.23. The molecule has 0 atom stereocenters. The zero-order valence-corrected chi connectivity index (χ0v) is 10.7. The zero-order valence-electron chi connectivity index (χ0n) is 10.7. The number of ether oxygens (including phenoxy) is 1. The summed E-state index contributed by atoms with van der Waals surface area (Å²) in [6.45, 7) is 7.29. The highest BCUT2D eigenvalue weighted by Gasteiger charge is 2.15. The van der Waals surface area contributed by atoms with Crippen molar-refractivity contribution in [2.45, 2.75) is 33.6 Å². The molecule has 15 heavy (non-hydrogen) atoms. The van der Waals surface area contributed by atoms with Gasteiger partial charge in [-0.2, -0.15) is 0 Å². The molecule has 0 bridgehead atoms. The summed E-state index contributed by atoms with van der Waals surface area (Å²) in [6.07, 6.45) is 4.31. The molecule has 0 amide bonds. The second-order valence-electron chi connectivity index (χ2n) is 4.39. The van der Waals surface area contributed by atoms with Crippen LogP contribution < -0.4 is 0 Å². The first-order valence-electron chi connectivity index (χ1n) is 5.62. The molecule has 3 heteroatoms. The molecule has 0 unspecified atom stereocenters. The molecule has 0 aliphatic carbocycles.